The first-order chi connectivity index (χ1) is 9.47. The van der Waals surface area contributed by atoms with Gasteiger partial charge in [0.05, 0.1) is 7.11 Å². The lowest BCUT2D eigenvalue weighted by atomic mass is 9.57. The van der Waals surface area contributed by atoms with E-state index in [1.807, 2.05) is 6.07 Å². The standard InChI is InChI=1S/C17H23NO2/c1-11(19)16-15-9-12-5-6-13(20-4)10-14(12)17(16,2)7-8-18(15)3/h5-6,10,15-16H,7-9H2,1-4H3/t15?,16-,17+/m1/s1. The topological polar surface area (TPSA) is 29.5 Å². The van der Waals surface area contributed by atoms with Gasteiger partial charge in [-0.2, -0.15) is 0 Å². The van der Waals surface area contributed by atoms with Crippen LogP contribution in [0.3, 0.4) is 0 Å². The zero-order valence-electron chi connectivity index (χ0n) is 12.8. The number of ether oxygens (including phenoxy) is 1. The van der Waals surface area contributed by atoms with Crippen LogP contribution in [0.2, 0.25) is 0 Å². The van der Waals surface area contributed by atoms with Gasteiger partial charge in [-0.15, -0.1) is 0 Å². The van der Waals surface area contributed by atoms with Crippen molar-refractivity contribution in [1.29, 1.82) is 0 Å². The molecule has 1 aliphatic heterocycles. The van der Waals surface area contributed by atoms with Gasteiger partial charge in [0.2, 0.25) is 0 Å². The molecule has 2 bridgehead atoms. The summed E-state index contributed by atoms with van der Waals surface area (Å²) >= 11 is 0. The Labute approximate surface area is 120 Å². The van der Waals surface area contributed by atoms with Crippen LogP contribution in [-0.4, -0.2) is 37.4 Å². The van der Waals surface area contributed by atoms with Crippen LogP contribution in [0, 0.1) is 5.92 Å². The monoisotopic (exact) mass is 273 g/mol. The van der Waals surface area contributed by atoms with Crippen LogP contribution in [0.15, 0.2) is 18.2 Å². The Bertz CT molecular complexity index is 554. The number of Topliss-reactive ketones (excluding diaryl/α,β-unsaturated/α-hetero) is 1. The molecule has 0 spiro atoms. The fraction of sp³-hybridized carbons (Fsp3) is 0.588. The lowest BCUT2D eigenvalue weighted by molar-refractivity contribution is -0.128. The van der Waals surface area contributed by atoms with E-state index in [1.165, 1.54) is 11.1 Å². The second-order valence-electron chi connectivity index (χ2n) is 6.53. The zero-order chi connectivity index (χ0) is 14.5. The lowest BCUT2D eigenvalue weighted by Crippen LogP contribution is -2.59. The highest BCUT2D eigenvalue weighted by Crippen LogP contribution is 2.49. The number of nitrogens with zero attached hydrogens (tertiary/aromatic N) is 1. The fourth-order valence-electron chi connectivity index (χ4n) is 4.32. The number of carbonyl (C=O) groups is 1. The van der Waals surface area contributed by atoms with Crippen molar-refractivity contribution in [3.05, 3.63) is 29.3 Å². The van der Waals surface area contributed by atoms with Crippen molar-refractivity contribution in [2.45, 2.75) is 38.1 Å². The molecule has 1 unspecified atom stereocenters. The SMILES string of the molecule is COc1ccc2c(c1)[C@]1(C)CCN(C)C(C2)[C@H]1C(C)=O. The van der Waals surface area contributed by atoms with Crippen molar-refractivity contribution in [1.82, 2.24) is 4.90 Å². The Balaban J connectivity index is 2.17. The first-order valence-corrected chi connectivity index (χ1v) is 7.35. The van der Waals surface area contributed by atoms with Gasteiger partial charge in [0, 0.05) is 17.4 Å². The second-order valence-corrected chi connectivity index (χ2v) is 6.53. The molecule has 1 aromatic rings. The van der Waals surface area contributed by atoms with Crippen molar-refractivity contribution in [3.63, 3.8) is 0 Å². The summed E-state index contributed by atoms with van der Waals surface area (Å²) < 4.78 is 5.38. The summed E-state index contributed by atoms with van der Waals surface area (Å²) in [5, 5.41) is 0. The molecule has 1 fully saturated rings. The maximum atomic E-state index is 12.3. The highest BCUT2D eigenvalue weighted by molar-refractivity contribution is 5.82. The number of likely N-dealkylation sites (N-methyl/N-ethyl adjacent to an activating group) is 1. The van der Waals surface area contributed by atoms with Crippen LogP contribution >= 0.6 is 0 Å². The molecule has 20 heavy (non-hydrogen) atoms. The number of carbonyl (C=O) groups excluding carboxylic acids is 1. The van der Waals surface area contributed by atoms with Crippen LogP contribution in [0.25, 0.3) is 0 Å². The quantitative estimate of drug-likeness (QED) is 0.829. The third-order valence-electron chi connectivity index (χ3n) is 5.42. The maximum absolute atomic E-state index is 12.3. The van der Waals surface area contributed by atoms with E-state index in [4.69, 9.17) is 4.74 Å². The van der Waals surface area contributed by atoms with Crippen LogP contribution < -0.4 is 4.74 Å². The van der Waals surface area contributed by atoms with E-state index in [1.54, 1.807) is 14.0 Å². The van der Waals surface area contributed by atoms with Crippen molar-refractivity contribution in [2.75, 3.05) is 20.7 Å². The molecule has 0 amide bonds. The molecule has 3 atom stereocenters. The second kappa shape index (κ2) is 4.59. The van der Waals surface area contributed by atoms with E-state index in [2.05, 4.69) is 31.0 Å². The molecule has 0 radical (unpaired) electrons. The molecular weight excluding hydrogens is 250 g/mol. The number of hydrogen-bond donors (Lipinski definition) is 0. The number of piperidine rings is 1. The minimum absolute atomic E-state index is 0.0505. The first-order valence-electron chi connectivity index (χ1n) is 7.35. The summed E-state index contributed by atoms with van der Waals surface area (Å²) in [5.41, 5.74) is 2.65. The van der Waals surface area contributed by atoms with Gasteiger partial charge < -0.3 is 9.64 Å². The number of hydrogen-bond acceptors (Lipinski definition) is 3. The molecule has 0 aromatic heterocycles. The molecule has 108 valence electrons. The highest BCUT2D eigenvalue weighted by Gasteiger charge is 2.51. The Kier molecular flexibility index (Phi) is 3.13. The molecule has 2 aliphatic rings. The summed E-state index contributed by atoms with van der Waals surface area (Å²) in [5.74, 6) is 1.31. The highest BCUT2D eigenvalue weighted by atomic mass is 16.5. The van der Waals surface area contributed by atoms with Crippen molar-refractivity contribution >= 4 is 5.78 Å². The Morgan fingerprint density at radius 2 is 2.20 bits per heavy atom. The number of likely N-dealkylation sites (tertiary alicyclic amines) is 1. The summed E-state index contributed by atoms with van der Waals surface area (Å²) in [4.78, 5) is 14.6. The molecule has 1 aliphatic carbocycles. The van der Waals surface area contributed by atoms with Crippen molar-refractivity contribution in [3.8, 4) is 5.75 Å². The largest absolute Gasteiger partial charge is 0.497 e. The molecule has 1 heterocycles. The predicted octanol–water partition coefficient (Wildman–Crippen LogP) is 2.42. The molecule has 0 saturated carbocycles. The number of ketones is 1. The Morgan fingerprint density at radius 1 is 1.45 bits per heavy atom. The first kappa shape index (κ1) is 13.6. The van der Waals surface area contributed by atoms with Gasteiger partial charge in [-0.05, 0) is 56.6 Å². The summed E-state index contributed by atoms with van der Waals surface area (Å²) in [6.07, 6.45) is 2.00. The molecular formula is C17H23NO2. The van der Waals surface area contributed by atoms with E-state index in [9.17, 15) is 4.79 Å². The number of methoxy groups -OCH3 is 1. The third-order valence-corrected chi connectivity index (χ3v) is 5.42. The molecule has 0 N–H and O–H groups in total. The van der Waals surface area contributed by atoms with E-state index < -0.39 is 0 Å². The van der Waals surface area contributed by atoms with Gasteiger partial charge in [0.25, 0.3) is 0 Å². The molecule has 3 nitrogen and oxygen atoms in total. The number of rotatable bonds is 2. The minimum Gasteiger partial charge on any atom is -0.497 e. The smallest absolute Gasteiger partial charge is 0.135 e. The number of fused-ring (bicyclic) bond motifs is 4. The third kappa shape index (κ3) is 1.80. The molecule has 3 rings (SSSR count). The maximum Gasteiger partial charge on any atom is 0.135 e. The Morgan fingerprint density at radius 3 is 2.85 bits per heavy atom. The fourth-order valence-corrected chi connectivity index (χ4v) is 4.32. The summed E-state index contributed by atoms with van der Waals surface area (Å²) in [6.45, 7) is 5.07. The van der Waals surface area contributed by atoms with Crippen LogP contribution in [0.1, 0.15) is 31.4 Å². The van der Waals surface area contributed by atoms with E-state index in [0.717, 1.165) is 25.1 Å². The van der Waals surface area contributed by atoms with Gasteiger partial charge in [-0.25, -0.2) is 0 Å². The zero-order valence-corrected chi connectivity index (χ0v) is 12.8. The average Bonchev–Trinajstić information content (AvgIpc) is 2.42. The van der Waals surface area contributed by atoms with Crippen LogP contribution in [-0.2, 0) is 16.6 Å². The van der Waals surface area contributed by atoms with Crippen LogP contribution in [0.5, 0.6) is 5.75 Å². The van der Waals surface area contributed by atoms with E-state index >= 15 is 0 Å². The van der Waals surface area contributed by atoms with E-state index in [0.29, 0.717) is 11.8 Å². The van der Waals surface area contributed by atoms with Gasteiger partial charge in [0.1, 0.15) is 11.5 Å². The summed E-state index contributed by atoms with van der Waals surface area (Å²) in [6, 6.07) is 6.69. The average molecular weight is 273 g/mol. The van der Waals surface area contributed by atoms with Crippen LogP contribution in [0.4, 0.5) is 0 Å². The summed E-state index contributed by atoms with van der Waals surface area (Å²) in [7, 11) is 3.85. The number of benzene rings is 1. The van der Waals surface area contributed by atoms with Crippen molar-refractivity contribution in [2.24, 2.45) is 5.92 Å². The normalized spacial score (nSPS) is 32.6. The van der Waals surface area contributed by atoms with E-state index in [-0.39, 0.29) is 11.3 Å². The molecule has 3 heteroatoms. The van der Waals surface area contributed by atoms with Gasteiger partial charge >= 0.3 is 0 Å². The Hall–Kier alpha value is -1.35. The minimum atomic E-state index is -0.0505. The molecule has 1 saturated heterocycles. The van der Waals surface area contributed by atoms with Gasteiger partial charge in [-0.1, -0.05) is 13.0 Å². The predicted molar refractivity (Wildman–Crippen MR) is 79.3 cm³/mol. The molecule has 1 aromatic carbocycles. The van der Waals surface area contributed by atoms with Crippen molar-refractivity contribution < 1.29 is 9.53 Å². The van der Waals surface area contributed by atoms with Gasteiger partial charge in [-0.3, -0.25) is 4.79 Å². The van der Waals surface area contributed by atoms with Gasteiger partial charge in [0.15, 0.2) is 0 Å². The lowest BCUT2D eigenvalue weighted by Gasteiger charge is -2.53.